The van der Waals surface area contributed by atoms with Gasteiger partial charge in [0.1, 0.15) is 6.07 Å². The van der Waals surface area contributed by atoms with Gasteiger partial charge in [-0.2, -0.15) is 5.26 Å². The van der Waals surface area contributed by atoms with Gasteiger partial charge in [0, 0.05) is 25.2 Å². The summed E-state index contributed by atoms with van der Waals surface area (Å²) in [6, 6.07) is 26.8. The average Bonchev–Trinajstić information content (AvgIpc) is 3.29. The highest BCUT2D eigenvalue weighted by Gasteiger charge is 2.24. The average molecular weight is 468 g/mol. The molecule has 1 aliphatic heterocycles. The Balaban J connectivity index is 1.33. The van der Waals surface area contributed by atoms with E-state index in [1.807, 2.05) is 30.3 Å². The topological polar surface area (TPSA) is 65.4 Å². The maximum Gasteiger partial charge on any atom is 0.338 e. The third-order valence-corrected chi connectivity index (χ3v) is 6.53. The van der Waals surface area contributed by atoms with Gasteiger partial charge in [0.15, 0.2) is 0 Å². The molecule has 35 heavy (non-hydrogen) atoms. The standard InChI is InChI=1S/C30H33N3O2/c1-22(32-23(2)25-10-5-3-6-11-25)18-24-19-27-14-16-33(29(27)28(20-24)21-31)15-9-17-35-30(34)26-12-7-4-8-13-26/h3-8,10-13,19-20,22-23,32H,9,14-18H2,1-2H3/t22-,23-/m1/s1. The summed E-state index contributed by atoms with van der Waals surface area (Å²) in [4.78, 5) is 14.4. The normalized spacial score (nSPS) is 14.1. The van der Waals surface area contributed by atoms with Crippen LogP contribution in [0.4, 0.5) is 5.69 Å². The maximum absolute atomic E-state index is 12.1. The van der Waals surface area contributed by atoms with Crippen LogP contribution in [-0.2, 0) is 17.6 Å². The smallest absolute Gasteiger partial charge is 0.338 e. The number of anilines is 1. The van der Waals surface area contributed by atoms with Gasteiger partial charge in [0.25, 0.3) is 0 Å². The van der Waals surface area contributed by atoms with E-state index in [1.54, 1.807) is 12.1 Å². The van der Waals surface area contributed by atoms with E-state index in [4.69, 9.17) is 4.74 Å². The summed E-state index contributed by atoms with van der Waals surface area (Å²) >= 11 is 0. The Morgan fingerprint density at radius 3 is 2.51 bits per heavy atom. The van der Waals surface area contributed by atoms with Gasteiger partial charge >= 0.3 is 5.97 Å². The van der Waals surface area contributed by atoms with Gasteiger partial charge in [0.05, 0.1) is 23.4 Å². The molecule has 180 valence electrons. The van der Waals surface area contributed by atoms with E-state index >= 15 is 0 Å². The summed E-state index contributed by atoms with van der Waals surface area (Å²) in [6.07, 6.45) is 2.53. The number of carbonyl (C=O) groups excluding carboxylic acids is 1. The lowest BCUT2D eigenvalue weighted by Gasteiger charge is -2.22. The number of ether oxygens (including phenoxy) is 1. The molecule has 1 aliphatic rings. The summed E-state index contributed by atoms with van der Waals surface area (Å²) in [5.41, 5.74) is 6.06. The molecular weight excluding hydrogens is 434 g/mol. The van der Waals surface area contributed by atoms with Crippen LogP contribution in [0.3, 0.4) is 0 Å². The van der Waals surface area contributed by atoms with Gasteiger partial charge < -0.3 is 15.0 Å². The molecule has 4 rings (SSSR count). The van der Waals surface area contributed by atoms with Crippen molar-refractivity contribution in [1.29, 1.82) is 5.26 Å². The monoisotopic (exact) mass is 467 g/mol. The second kappa shape index (κ2) is 11.7. The molecule has 0 unspecified atom stereocenters. The molecule has 2 atom stereocenters. The van der Waals surface area contributed by atoms with Crippen LogP contribution in [-0.4, -0.2) is 31.7 Å². The lowest BCUT2D eigenvalue weighted by molar-refractivity contribution is 0.0502. The molecule has 0 aliphatic carbocycles. The van der Waals surface area contributed by atoms with Crippen molar-refractivity contribution in [2.45, 2.75) is 45.2 Å². The number of fused-ring (bicyclic) bond motifs is 1. The molecule has 0 fully saturated rings. The molecule has 3 aromatic rings. The van der Waals surface area contributed by atoms with Crippen LogP contribution in [0.2, 0.25) is 0 Å². The Kier molecular flexibility index (Phi) is 8.18. The predicted molar refractivity (Wildman–Crippen MR) is 140 cm³/mol. The van der Waals surface area contributed by atoms with Crippen LogP contribution in [0.1, 0.15) is 58.9 Å². The van der Waals surface area contributed by atoms with E-state index in [-0.39, 0.29) is 18.1 Å². The molecule has 3 aromatic carbocycles. The summed E-state index contributed by atoms with van der Waals surface area (Å²) in [5, 5.41) is 13.6. The first-order valence-corrected chi connectivity index (χ1v) is 12.4. The van der Waals surface area contributed by atoms with Crippen molar-refractivity contribution in [3.05, 3.63) is 101 Å². The quantitative estimate of drug-likeness (QED) is 0.317. The largest absolute Gasteiger partial charge is 0.462 e. The molecule has 5 nitrogen and oxygen atoms in total. The van der Waals surface area contributed by atoms with Crippen LogP contribution in [0, 0.1) is 11.3 Å². The number of nitrogens with one attached hydrogen (secondary N) is 1. The molecule has 0 radical (unpaired) electrons. The van der Waals surface area contributed by atoms with Crippen molar-refractivity contribution < 1.29 is 9.53 Å². The van der Waals surface area contributed by atoms with E-state index in [9.17, 15) is 10.1 Å². The molecule has 0 saturated carbocycles. The number of hydrogen-bond donors (Lipinski definition) is 1. The van der Waals surface area contributed by atoms with Gasteiger partial charge in [-0.05, 0) is 68.0 Å². The Morgan fingerprint density at radius 2 is 1.80 bits per heavy atom. The molecule has 0 saturated heterocycles. The highest BCUT2D eigenvalue weighted by molar-refractivity contribution is 5.89. The van der Waals surface area contributed by atoms with Crippen LogP contribution in [0.15, 0.2) is 72.8 Å². The summed E-state index contributed by atoms with van der Waals surface area (Å²) in [6.45, 7) is 6.39. The van der Waals surface area contributed by atoms with Gasteiger partial charge in [-0.15, -0.1) is 0 Å². The molecule has 0 spiro atoms. The molecular formula is C30H33N3O2. The number of rotatable bonds is 10. The molecule has 0 bridgehead atoms. The van der Waals surface area contributed by atoms with Crippen molar-refractivity contribution in [1.82, 2.24) is 5.32 Å². The number of benzene rings is 3. The van der Waals surface area contributed by atoms with Gasteiger partial charge in [-0.1, -0.05) is 54.6 Å². The molecule has 1 heterocycles. The zero-order valence-electron chi connectivity index (χ0n) is 20.5. The van der Waals surface area contributed by atoms with E-state index < -0.39 is 0 Å². The van der Waals surface area contributed by atoms with Crippen molar-refractivity contribution in [2.24, 2.45) is 0 Å². The van der Waals surface area contributed by atoms with Crippen molar-refractivity contribution in [2.75, 3.05) is 24.6 Å². The Bertz CT molecular complexity index is 1170. The van der Waals surface area contributed by atoms with Crippen molar-refractivity contribution >= 4 is 11.7 Å². The van der Waals surface area contributed by atoms with E-state index in [0.29, 0.717) is 12.2 Å². The van der Waals surface area contributed by atoms with E-state index in [0.717, 1.165) is 43.6 Å². The molecule has 1 N–H and O–H groups in total. The van der Waals surface area contributed by atoms with E-state index in [1.165, 1.54) is 16.7 Å². The van der Waals surface area contributed by atoms with Crippen molar-refractivity contribution in [3.63, 3.8) is 0 Å². The fraction of sp³-hybridized carbons (Fsp3) is 0.333. The zero-order chi connectivity index (χ0) is 24.6. The third-order valence-electron chi connectivity index (χ3n) is 6.53. The number of hydrogen-bond acceptors (Lipinski definition) is 5. The first-order valence-electron chi connectivity index (χ1n) is 12.4. The lowest BCUT2D eigenvalue weighted by Crippen LogP contribution is -2.30. The Labute approximate surface area is 208 Å². The van der Waals surface area contributed by atoms with Crippen molar-refractivity contribution in [3.8, 4) is 6.07 Å². The summed E-state index contributed by atoms with van der Waals surface area (Å²) < 4.78 is 5.42. The molecule has 0 amide bonds. The van der Waals surface area contributed by atoms with Gasteiger partial charge in [-0.25, -0.2) is 4.79 Å². The van der Waals surface area contributed by atoms with Crippen LogP contribution in [0.25, 0.3) is 0 Å². The minimum Gasteiger partial charge on any atom is -0.462 e. The second-order valence-electron chi connectivity index (χ2n) is 9.26. The number of esters is 1. The van der Waals surface area contributed by atoms with E-state index in [2.05, 4.69) is 60.5 Å². The zero-order valence-corrected chi connectivity index (χ0v) is 20.5. The van der Waals surface area contributed by atoms with Gasteiger partial charge in [-0.3, -0.25) is 0 Å². The van der Waals surface area contributed by atoms with Gasteiger partial charge in [0.2, 0.25) is 0 Å². The highest BCUT2D eigenvalue weighted by atomic mass is 16.5. The fourth-order valence-corrected chi connectivity index (χ4v) is 4.87. The van der Waals surface area contributed by atoms with Crippen LogP contribution >= 0.6 is 0 Å². The lowest BCUT2D eigenvalue weighted by atomic mass is 9.98. The highest BCUT2D eigenvalue weighted by Crippen LogP contribution is 2.33. The molecule has 5 heteroatoms. The Hall–Kier alpha value is -3.62. The number of nitrogens with zero attached hydrogens (tertiary/aromatic N) is 2. The maximum atomic E-state index is 12.1. The van der Waals surface area contributed by atoms with Crippen LogP contribution in [0.5, 0.6) is 0 Å². The summed E-state index contributed by atoms with van der Waals surface area (Å²) in [5.74, 6) is -0.293. The second-order valence-corrected chi connectivity index (χ2v) is 9.26. The first-order chi connectivity index (χ1) is 17.0. The minimum absolute atomic E-state index is 0.266. The number of nitriles is 1. The first kappa shape index (κ1) is 24.5. The van der Waals surface area contributed by atoms with Crippen LogP contribution < -0.4 is 10.2 Å². The summed E-state index contributed by atoms with van der Waals surface area (Å²) in [7, 11) is 0. The molecule has 0 aromatic heterocycles. The predicted octanol–water partition coefficient (Wildman–Crippen LogP) is 5.45. The fourth-order valence-electron chi connectivity index (χ4n) is 4.87. The Morgan fingerprint density at radius 1 is 1.09 bits per heavy atom. The minimum atomic E-state index is -0.293. The SMILES string of the molecule is C[C@H](Cc1cc(C#N)c2c(c1)CCN2CCCOC(=O)c1ccccc1)N[C@H](C)c1ccccc1. The third kappa shape index (κ3) is 6.29. The number of carbonyl (C=O) groups is 1.